The number of hydrogen-bond donors (Lipinski definition) is 1. The molecule has 0 unspecified atom stereocenters. The quantitative estimate of drug-likeness (QED) is 0.803. The third-order valence-electron chi connectivity index (χ3n) is 5.08. The number of carbonyl (C=O) groups excluding carboxylic acids is 1. The first kappa shape index (κ1) is 18.6. The molecule has 4 rings (SSSR count). The van der Waals surface area contributed by atoms with Gasteiger partial charge in [0, 0.05) is 29.9 Å². The molecule has 1 aliphatic carbocycles. The lowest BCUT2D eigenvalue weighted by Gasteiger charge is -2.17. The van der Waals surface area contributed by atoms with Crippen molar-refractivity contribution in [1.29, 1.82) is 0 Å². The summed E-state index contributed by atoms with van der Waals surface area (Å²) in [7, 11) is -0.929. The number of fused-ring (bicyclic) bond motifs is 1. The maximum Gasteiger partial charge on any atom is 0.265 e. The van der Waals surface area contributed by atoms with Gasteiger partial charge in [0.2, 0.25) is 5.91 Å². The zero-order valence-electron chi connectivity index (χ0n) is 15.8. The SMILES string of the molecule is COc1ccc(S(=O)(=O)Nc2ccc3c(c2)CCN3C(=O)C2CC2)c(OC)c1. The predicted octanol–water partition coefficient (Wildman–Crippen LogP) is 2.80. The van der Waals surface area contributed by atoms with Crippen molar-refractivity contribution >= 4 is 27.3 Å². The van der Waals surface area contributed by atoms with Crippen molar-refractivity contribution in [3.05, 3.63) is 42.0 Å². The second-order valence-corrected chi connectivity index (χ2v) is 8.63. The highest BCUT2D eigenvalue weighted by Crippen LogP contribution is 2.38. The zero-order chi connectivity index (χ0) is 19.9. The van der Waals surface area contributed by atoms with Gasteiger partial charge in [-0.1, -0.05) is 0 Å². The van der Waals surface area contributed by atoms with Crippen molar-refractivity contribution in [2.24, 2.45) is 5.92 Å². The molecule has 1 heterocycles. The summed E-state index contributed by atoms with van der Waals surface area (Å²) in [5.74, 6) is 1.05. The van der Waals surface area contributed by atoms with Crippen molar-refractivity contribution in [2.45, 2.75) is 24.2 Å². The number of nitrogens with zero attached hydrogens (tertiary/aromatic N) is 1. The van der Waals surface area contributed by atoms with E-state index in [1.165, 1.54) is 26.4 Å². The van der Waals surface area contributed by atoms with Gasteiger partial charge < -0.3 is 14.4 Å². The summed E-state index contributed by atoms with van der Waals surface area (Å²) < 4.78 is 38.6. The van der Waals surface area contributed by atoms with Crippen molar-refractivity contribution in [1.82, 2.24) is 0 Å². The summed E-state index contributed by atoms with van der Waals surface area (Å²) in [5.41, 5.74) is 2.30. The molecule has 148 valence electrons. The molecule has 0 bridgehead atoms. The van der Waals surface area contributed by atoms with E-state index in [1.807, 2.05) is 11.0 Å². The minimum absolute atomic E-state index is 0.0295. The first-order valence-electron chi connectivity index (χ1n) is 9.12. The van der Waals surface area contributed by atoms with E-state index >= 15 is 0 Å². The highest BCUT2D eigenvalue weighted by Gasteiger charge is 2.36. The third kappa shape index (κ3) is 3.40. The Labute approximate surface area is 164 Å². The van der Waals surface area contributed by atoms with Crippen LogP contribution < -0.4 is 19.1 Å². The molecule has 7 nitrogen and oxygen atoms in total. The molecule has 1 saturated carbocycles. The van der Waals surface area contributed by atoms with E-state index in [4.69, 9.17) is 9.47 Å². The van der Waals surface area contributed by atoms with Gasteiger partial charge in [-0.15, -0.1) is 0 Å². The maximum absolute atomic E-state index is 12.9. The van der Waals surface area contributed by atoms with Gasteiger partial charge in [-0.25, -0.2) is 8.42 Å². The summed E-state index contributed by atoms with van der Waals surface area (Å²) in [5, 5.41) is 0. The van der Waals surface area contributed by atoms with E-state index in [1.54, 1.807) is 18.2 Å². The van der Waals surface area contributed by atoms with Crippen LogP contribution in [0, 0.1) is 5.92 Å². The van der Waals surface area contributed by atoms with Gasteiger partial charge in [-0.05, 0) is 55.2 Å². The second kappa shape index (κ2) is 7.01. The summed E-state index contributed by atoms with van der Waals surface area (Å²) in [6.07, 6.45) is 2.65. The van der Waals surface area contributed by atoms with Crippen molar-refractivity contribution in [2.75, 3.05) is 30.4 Å². The molecule has 1 N–H and O–H groups in total. The van der Waals surface area contributed by atoms with Crippen LogP contribution in [-0.4, -0.2) is 35.1 Å². The Hall–Kier alpha value is -2.74. The van der Waals surface area contributed by atoms with Crippen LogP contribution in [-0.2, 0) is 21.2 Å². The van der Waals surface area contributed by atoms with Crippen LogP contribution >= 0.6 is 0 Å². The van der Waals surface area contributed by atoms with Gasteiger partial charge in [0.25, 0.3) is 10.0 Å². The molecule has 0 aromatic heterocycles. The molecule has 8 heteroatoms. The molecule has 2 aliphatic rings. The lowest BCUT2D eigenvalue weighted by atomic mass is 10.1. The zero-order valence-corrected chi connectivity index (χ0v) is 16.6. The number of anilines is 2. The highest BCUT2D eigenvalue weighted by atomic mass is 32.2. The number of sulfonamides is 1. The summed E-state index contributed by atoms with van der Waals surface area (Å²) in [4.78, 5) is 14.2. The first-order valence-corrected chi connectivity index (χ1v) is 10.6. The fourth-order valence-corrected chi connectivity index (χ4v) is 4.65. The maximum atomic E-state index is 12.9. The van der Waals surface area contributed by atoms with E-state index in [0.717, 1.165) is 30.5 Å². The van der Waals surface area contributed by atoms with Crippen LogP contribution in [0.1, 0.15) is 18.4 Å². The number of nitrogens with one attached hydrogen (secondary N) is 1. The smallest absolute Gasteiger partial charge is 0.265 e. The molecule has 1 aliphatic heterocycles. The molecule has 0 atom stereocenters. The van der Waals surface area contributed by atoms with Gasteiger partial charge in [0.1, 0.15) is 16.4 Å². The van der Waals surface area contributed by atoms with Gasteiger partial charge in [-0.3, -0.25) is 9.52 Å². The summed E-state index contributed by atoms with van der Waals surface area (Å²) in [6, 6.07) is 9.84. The highest BCUT2D eigenvalue weighted by molar-refractivity contribution is 7.92. The van der Waals surface area contributed by atoms with E-state index < -0.39 is 10.0 Å². The van der Waals surface area contributed by atoms with E-state index in [0.29, 0.717) is 18.0 Å². The number of benzene rings is 2. The number of methoxy groups -OCH3 is 2. The van der Waals surface area contributed by atoms with Crippen LogP contribution in [0.3, 0.4) is 0 Å². The lowest BCUT2D eigenvalue weighted by Crippen LogP contribution is -2.30. The van der Waals surface area contributed by atoms with Crippen LogP contribution in [0.25, 0.3) is 0 Å². The molecule has 2 aromatic carbocycles. The summed E-state index contributed by atoms with van der Waals surface area (Å²) >= 11 is 0. The minimum Gasteiger partial charge on any atom is -0.497 e. The Balaban J connectivity index is 1.58. The Bertz CT molecular complexity index is 1030. The largest absolute Gasteiger partial charge is 0.497 e. The van der Waals surface area contributed by atoms with Gasteiger partial charge in [0.05, 0.1) is 14.2 Å². The average molecular weight is 402 g/mol. The standard InChI is InChI=1S/C20H22N2O5S/c1-26-16-6-8-19(18(12-16)27-2)28(24,25)21-15-5-7-17-14(11-15)9-10-22(17)20(23)13-3-4-13/h5-8,11-13,21H,3-4,9-10H2,1-2H3. The predicted molar refractivity (Wildman–Crippen MR) is 106 cm³/mol. The fourth-order valence-electron chi connectivity index (χ4n) is 3.45. The minimum atomic E-state index is -3.84. The molecular formula is C20H22N2O5S. The second-order valence-electron chi connectivity index (χ2n) is 6.98. The van der Waals surface area contributed by atoms with Gasteiger partial charge in [-0.2, -0.15) is 0 Å². The molecule has 0 spiro atoms. The molecule has 0 saturated heterocycles. The van der Waals surface area contributed by atoms with Gasteiger partial charge >= 0.3 is 0 Å². The first-order chi connectivity index (χ1) is 13.4. The number of amides is 1. The van der Waals surface area contributed by atoms with Crippen molar-refractivity contribution in [3.63, 3.8) is 0 Å². The van der Waals surface area contributed by atoms with Crippen molar-refractivity contribution in [3.8, 4) is 11.5 Å². The number of hydrogen-bond acceptors (Lipinski definition) is 5. The number of rotatable bonds is 6. The van der Waals surface area contributed by atoms with Crippen LogP contribution in [0.5, 0.6) is 11.5 Å². The topological polar surface area (TPSA) is 84.9 Å². The van der Waals surface area contributed by atoms with E-state index in [-0.39, 0.29) is 22.5 Å². The number of carbonyl (C=O) groups is 1. The summed E-state index contributed by atoms with van der Waals surface area (Å²) in [6.45, 7) is 0.646. The van der Waals surface area contributed by atoms with Gasteiger partial charge in [0.15, 0.2) is 0 Å². The van der Waals surface area contributed by atoms with Crippen LogP contribution in [0.15, 0.2) is 41.3 Å². The van der Waals surface area contributed by atoms with Crippen LogP contribution in [0.2, 0.25) is 0 Å². The van der Waals surface area contributed by atoms with Crippen LogP contribution in [0.4, 0.5) is 11.4 Å². The molecule has 1 amide bonds. The Morgan fingerprint density at radius 1 is 1.11 bits per heavy atom. The molecule has 2 aromatic rings. The molecule has 28 heavy (non-hydrogen) atoms. The molecular weight excluding hydrogens is 380 g/mol. The fraction of sp³-hybridized carbons (Fsp3) is 0.350. The lowest BCUT2D eigenvalue weighted by molar-refractivity contribution is -0.119. The third-order valence-corrected chi connectivity index (χ3v) is 6.50. The molecule has 1 fully saturated rings. The normalized spacial score (nSPS) is 15.9. The Morgan fingerprint density at radius 3 is 2.57 bits per heavy atom. The van der Waals surface area contributed by atoms with E-state index in [2.05, 4.69) is 4.72 Å². The molecule has 0 radical (unpaired) electrons. The monoisotopic (exact) mass is 402 g/mol. The average Bonchev–Trinajstić information content (AvgIpc) is 3.46. The Kier molecular flexibility index (Phi) is 4.66. The number of ether oxygens (including phenoxy) is 2. The van der Waals surface area contributed by atoms with E-state index in [9.17, 15) is 13.2 Å². The van der Waals surface area contributed by atoms with Crippen molar-refractivity contribution < 1.29 is 22.7 Å². The Morgan fingerprint density at radius 2 is 1.89 bits per heavy atom.